The van der Waals surface area contributed by atoms with Gasteiger partial charge in [0, 0.05) is 11.5 Å². The van der Waals surface area contributed by atoms with E-state index in [-0.39, 0.29) is 17.2 Å². The molecule has 0 unspecified atom stereocenters. The quantitative estimate of drug-likeness (QED) is 0.312. The molecule has 0 aliphatic heterocycles. The molecule has 0 saturated carbocycles. The molecular formula is C17H11NO4. The summed E-state index contributed by atoms with van der Waals surface area (Å²) in [5.74, 6) is -0.134. The number of carbonyl (C=O) groups excluding carboxylic acids is 1. The summed E-state index contributed by atoms with van der Waals surface area (Å²) < 4.78 is 5.46. The van der Waals surface area contributed by atoms with Crippen LogP contribution in [0.2, 0.25) is 0 Å². The van der Waals surface area contributed by atoms with Gasteiger partial charge >= 0.3 is 0 Å². The van der Waals surface area contributed by atoms with Gasteiger partial charge in [-0.1, -0.05) is 30.3 Å². The zero-order valence-corrected chi connectivity index (χ0v) is 11.4. The van der Waals surface area contributed by atoms with E-state index in [2.05, 4.69) is 0 Å². The molecule has 22 heavy (non-hydrogen) atoms. The van der Waals surface area contributed by atoms with Gasteiger partial charge in [0.05, 0.1) is 10.5 Å². The molecule has 3 rings (SSSR count). The average Bonchev–Trinajstić information content (AvgIpc) is 2.97. The predicted octanol–water partition coefficient (Wildman–Crippen LogP) is 4.24. The minimum Gasteiger partial charge on any atom is -0.453 e. The summed E-state index contributed by atoms with van der Waals surface area (Å²) in [5, 5.41) is 11.8. The van der Waals surface area contributed by atoms with Gasteiger partial charge in [0.1, 0.15) is 5.58 Å². The van der Waals surface area contributed by atoms with Crippen molar-refractivity contribution in [1.82, 2.24) is 0 Å². The number of carbonyl (C=O) groups is 1. The SMILES string of the molecule is O=C(C=Cc1ccccc1[N+](=O)[O-])c1cc2ccccc2o1. The van der Waals surface area contributed by atoms with E-state index < -0.39 is 4.92 Å². The zero-order valence-electron chi connectivity index (χ0n) is 11.4. The number of hydrogen-bond acceptors (Lipinski definition) is 4. The van der Waals surface area contributed by atoms with Gasteiger partial charge in [0.15, 0.2) is 5.76 Å². The Morgan fingerprint density at radius 2 is 1.82 bits per heavy atom. The van der Waals surface area contributed by atoms with Crippen molar-refractivity contribution < 1.29 is 14.1 Å². The van der Waals surface area contributed by atoms with Crippen molar-refractivity contribution in [2.75, 3.05) is 0 Å². The van der Waals surface area contributed by atoms with Gasteiger partial charge in [0.2, 0.25) is 5.78 Å². The Hall–Kier alpha value is -3.21. The highest BCUT2D eigenvalue weighted by Crippen LogP contribution is 2.21. The molecule has 108 valence electrons. The largest absolute Gasteiger partial charge is 0.453 e. The number of furan rings is 1. The smallest absolute Gasteiger partial charge is 0.276 e. The van der Waals surface area contributed by atoms with E-state index in [1.54, 1.807) is 30.3 Å². The predicted molar refractivity (Wildman–Crippen MR) is 82.7 cm³/mol. The number of para-hydroxylation sites is 2. The van der Waals surface area contributed by atoms with Crippen molar-refractivity contribution in [2.45, 2.75) is 0 Å². The molecule has 5 nitrogen and oxygen atoms in total. The highest BCUT2D eigenvalue weighted by molar-refractivity contribution is 6.07. The second-order valence-electron chi connectivity index (χ2n) is 4.66. The number of ketones is 1. The van der Waals surface area contributed by atoms with Gasteiger partial charge in [-0.15, -0.1) is 0 Å². The molecule has 1 aromatic heterocycles. The summed E-state index contributed by atoms with van der Waals surface area (Å²) in [6, 6.07) is 15.2. The maximum absolute atomic E-state index is 12.1. The molecule has 0 aliphatic carbocycles. The Morgan fingerprint density at radius 3 is 2.59 bits per heavy atom. The maximum atomic E-state index is 12.1. The summed E-state index contributed by atoms with van der Waals surface area (Å²) in [7, 11) is 0. The number of allylic oxidation sites excluding steroid dienone is 1. The lowest BCUT2D eigenvalue weighted by Crippen LogP contribution is -1.93. The first-order chi connectivity index (χ1) is 10.6. The van der Waals surface area contributed by atoms with Crippen LogP contribution in [0.3, 0.4) is 0 Å². The minimum absolute atomic E-state index is 0.0452. The maximum Gasteiger partial charge on any atom is 0.276 e. The summed E-state index contributed by atoms with van der Waals surface area (Å²) in [6.45, 7) is 0. The third-order valence-electron chi connectivity index (χ3n) is 3.22. The van der Waals surface area contributed by atoms with Crippen LogP contribution in [0.4, 0.5) is 5.69 Å². The van der Waals surface area contributed by atoms with Crippen LogP contribution in [0.15, 0.2) is 65.1 Å². The van der Waals surface area contributed by atoms with Crippen molar-refractivity contribution in [3.8, 4) is 0 Å². The normalized spacial score (nSPS) is 11.1. The van der Waals surface area contributed by atoms with Crippen molar-refractivity contribution in [3.05, 3.63) is 82.1 Å². The first kappa shape index (κ1) is 13.8. The van der Waals surface area contributed by atoms with Crippen LogP contribution in [0.1, 0.15) is 16.1 Å². The third kappa shape index (κ3) is 2.64. The molecule has 0 fully saturated rings. The van der Waals surface area contributed by atoms with Gasteiger partial charge in [-0.3, -0.25) is 14.9 Å². The van der Waals surface area contributed by atoms with Gasteiger partial charge in [-0.25, -0.2) is 0 Å². The molecule has 0 bridgehead atoms. The van der Waals surface area contributed by atoms with E-state index in [1.807, 2.05) is 18.2 Å². The lowest BCUT2D eigenvalue weighted by molar-refractivity contribution is -0.385. The summed E-state index contributed by atoms with van der Waals surface area (Å²) in [4.78, 5) is 22.6. The van der Waals surface area contributed by atoms with Crippen molar-refractivity contribution in [2.24, 2.45) is 0 Å². The molecule has 2 aromatic carbocycles. The molecule has 0 radical (unpaired) electrons. The molecule has 0 amide bonds. The van der Waals surface area contributed by atoms with Crippen LogP contribution >= 0.6 is 0 Å². The number of benzene rings is 2. The van der Waals surface area contributed by atoms with E-state index in [1.165, 1.54) is 18.2 Å². The number of nitro groups is 1. The van der Waals surface area contributed by atoms with E-state index in [0.717, 1.165) is 5.39 Å². The average molecular weight is 293 g/mol. The van der Waals surface area contributed by atoms with Crippen molar-refractivity contribution in [3.63, 3.8) is 0 Å². The zero-order chi connectivity index (χ0) is 15.5. The van der Waals surface area contributed by atoms with Crippen LogP contribution in [0, 0.1) is 10.1 Å². The molecule has 0 atom stereocenters. The fraction of sp³-hybridized carbons (Fsp3) is 0. The molecule has 0 spiro atoms. The number of rotatable bonds is 4. The number of nitro benzene ring substituents is 1. The Balaban J connectivity index is 1.89. The molecule has 1 heterocycles. The standard InChI is InChI=1S/C17H11NO4/c19-15(17-11-13-6-2-4-8-16(13)22-17)10-9-12-5-1-3-7-14(12)18(20)21/h1-11H. The first-order valence-corrected chi connectivity index (χ1v) is 6.59. The van der Waals surface area contributed by atoms with Crippen LogP contribution in [-0.4, -0.2) is 10.7 Å². The van der Waals surface area contributed by atoms with Gasteiger partial charge in [-0.05, 0) is 30.4 Å². The van der Waals surface area contributed by atoms with E-state index in [9.17, 15) is 14.9 Å². The third-order valence-corrected chi connectivity index (χ3v) is 3.22. The van der Waals surface area contributed by atoms with Gasteiger partial charge < -0.3 is 4.42 Å². The van der Waals surface area contributed by atoms with E-state index in [4.69, 9.17) is 4.42 Å². The Labute approximate surface area is 125 Å². The molecular weight excluding hydrogens is 282 g/mol. The highest BCUT2D eigenvalue weighted by atomic mass is 16.6. The molecule has 0 aliphatic rings. The molecule has 5 heteroatoms. The number of nitrogens with zero attached hydrogens (tertiary/aromatic N) is 1. The van der Waals surface area contributed by atoms with Crippen LogP contribution in [0.5, 0.6) is 0 Å². The number of fused-ring (bicyclic) bond motifs is 1. The topological polar surface area (TPSA) is 73.3 Å². The van der Waals surface area contributed by atoms with Gasteiger partial charge in [0.25, 0.3) is 5.69 Å². The Kier molecular flexibility index (Phi) is 3.53. The second-order valence-corrected chi connectivity index (χ2v) is 4.66. The Bertz CT molecular complexity index is 859. The first-order valence-electron chi connectivity index (χ1n) is 6.59. The van der Waals surface area contributed by atoms with Crippen LogP contribution in [-0.2, 0) is 0 Å². The number of hydrogen-bond donors (Lipinski definition) is 0. The minimum atomic E-state index is -0.481. The highest BCUT2D eigenvalue weighted by Gasteiger charge is 2.12. The van der Waals surface area contributed by atoms with E-state index in [0.29, 0.717) is 11.1 Å². The summed E-state index contributed by atoms with van der Waals surface area (Å²) in [5.41, 5.74) is 0.957. The monoisotopic (exact) mass is 293 g/mol. The summed E-state index contributed by atoms with van der Waals surface area (Å²) >= 11 is 0. The van der Waals surface area contributed by atoms with Crippen LogP contribution < -0.4 is 0 Å². The fourth-order valence-electron chi connectivity index (χ4n) is 2.15. The fourth-order valence-corrected chi connectivity index (χ4v) is 2.15. The molecule has 0 N–H and O–H groups in total. The van der Waals surface area contributed by atoms with E-state index >= 15 is 0 Å². The summed E-state index contributed by atoms with van der Waals surface area (Å²) in [6.07, 6.45) is 2.70. The lowest BCUT2D eigenvalue weighted by Gasteiger charge is -1.95. The van der Waals surface area contributed by atoms with Gasteiger partial charge in [-0.2, -0.15) is 0 Å². The Morgan fingerprint density at radius 1 is 1.09 bits per heavy atom. The van der Waals surface area contributed by atoms with Crippen LogP contribution in [0.25, 0.3) is 17.0 Å². The van der Waals surface area contributed by atoms with Crippen molar-refractivity contribution in [1.29, 1.82) is 0 Å². The molecule has 3 aromatic rings. The second kappa shape index (κ2) is 5.65. The lowest BCUT2D eigenvalue weighted by atomic mass is 10.1. The van der Waals surface area contributed by atoms with Crippen molar-refractivity contribution >= 4 is 28.5 Å². The molecule has 0 saturated heterocycles.